The third-order valence-corrected chi connectivity index (χ3v) is 3.59. The van der Waals surface area contributed by atoms with E-state index in [1.54, 1.807) is 0 Å². The maximum atomic E-state index is 12.5. The second kappa shape index (κ2) is 6.05. The minimum Gasteiger partial charge on any atom is -0.313 e. The Kier molecular flexibility index (Phi) is 5.25. The molecule has 0 saturated carbocycles. The van der Waals surface area contributed by atoms with Crippen LogP contribution in [-0.4, -0.2) is 42.8 Å². The van der Waals surface area contributed by atoms with Gasteiger partial charge in [0.05, 0.1) is 5.92 Å². The number of hydrogen-bond donors (Lipinski definition) is 1. The standard InChI is InChI=1S/C12H23F3N2/c1-4-17(9(2)3)6-5-11-7-10(8-16-11)12(13,14)15/h9-11,16H,4-8H2,1-3H3. The molecular formula is C12H23F3N2. The van der Waals surface area contributed by atoms with Crippen molar-refractivity contribution < 1.29 is 13.2 Å². The molecule has 1 saturated heterocycles. The highest BCUT2D eigenvalue weighted by molar-refractivity contribution is 4.86. The molecule has 0 bridgehead atoms. The smallest absolute Gasteiger partial charge is 0.313 e. The van der Waals surface area contributed by atoms with Gasteiger partial charge in [-0.2, -0.15) is 13.2 Å². The van der Waals surface area contributed by atoms with Crippen LogP contribution in [0.25, 0.3) is 0 Å². The first kappa shape index (κ1) is 14.8. The molecule has 0 aliphatic carbocycles. The van der Waals surface area contributed by atoms with Crippen LogP contribution < -0.4 is 5.32 Å². The van der Waals surface area contributed by atoms with E-state index in [4.69, 9.17) is 0 Å². The monoisotopic (exact) mass is 252 g/mol. The molecule has 0 aromatic heterocycles. The van der Waals surface area contributed by atoms with Gasteiger partial charge < -0.3 is 10.2 Å². The lowest BCUT2D eigenvalue weighted by Crippen LogP contribution is -2.35. The molecule has 0 spiro atoms. The summed E-state index contributed by atoms with van der Waals surface area (Å²) in [6.45, 7) is 8.22. The SMILES string of the molecule is CCN(CCC1CC(C(F)(F)F)CN1)C(C)C. The fourth-order valence-corrected chi connectivity index (χ4v) is 2.39. The van der Waals surface area contributed by atoms with Crippen LogP contribution >= 0.6 is 0 Å². The van der Waals surface area contributed by atoms with Crippen molar-refractivity contribution in [3.63, 3.8) is 0 Å². The van der Waals surface area contributed by atoms with Gasteiger partial charge in [0.15, 0.2) is 0 Å². The van der Waals surface area contributed by atoms with Crippen LogP contribution in [0.3, 0.4) is 0 Å². The van der Waals surface area contributed by atoms with Crippen molar-refractivity contribution in [2.24, 2.45) is 5.92 Å². The average Bonchev–Trinajstić information content (AvgIpc) is 2.66. The third-order valence-electron chi connectivity index (χ3n) is 3.59. The summed E-state index contributed by atoms with van der Waals surface area (Å²) in [5.74, 6) is -1.15. The van der Waals surface area contributed by atoms with Gasteiger partial charge in [0.2, 0.25) is 0 Å². The van der Waals surface area contributed by atoms with E-state index >= 15 is 0 Å². The molecule has 17 heavy (non-hydrogen) atoms. The quantitative estimate of drug-likeness (QED) is 0.809. The highest BCUT2D eigenvalue weighted by Crippen LogP contribution is 2.33. The van der Waals surface area contributed by atoms with Crippen LogP contribution in [0.15, 0.2) is 0 Å². The molecule has 2 atom stereocenters. The van der Waals surface area contributed by atoms with E-state index in [2.05, 4.69) is 31.0 Å². The first-order chi connectivity index (χ1) is 7.84. The molecule has 1 heterocycles. The normalized spacial score (nSPS) is 26.1. The van der Waals surface area contributed by atoms with Crippen molar-refractivity contribution in [1.29, 1.82) is 0 Å². The lowest BCUT2D eigenvalue weighted by molar-refractivity contribution is -0.169. The van der Waals surface area contributed by atoms with Crippen LogP contribution in [0, 0.1) is 5.92 Å². The van der Waals surface area contributed by atoms with Crippen LogP contribution in [0.5, 0.6) is 0 Å². The van der Waals surface area contributed by atoms with Crippen LogP contribution in [0.2, 0.25) is 0 Å². The van der Waals surface area contributed by atoms with Gasteiger partial charge in [0, 0.05) is 18.6 Å². The number of nitrogens with one attached hydrogen (secondary N) is 1. The average molecular weight is 252 g/mol. The van der Waals surface area contributed by atoms with Crippen molar-refractivity contribution >= 4 is 0 Å². The van der Waals surface area contributed by atoms with Crippen LogP contribution in [-0.2, 0) is 0 Å². The minimum absolute atomic E-state index is 0.0226. The van der Waals surface area contributed by atoms with E-state index in [0.717, 1.165) is 19.5 Å². The van der Waals surface area contributed by atoms with Gasteiger partial charge in [-0.05, 0) is 39.8 Å². The fourth-order valence-electron chi connectivity index (χ4n) is 2.39. The van der Waals surface area contributed by atoms with Gasteiger partial charge >= 0.3 is 6.18 Å². The largest absolute Gasteiger partial charge is 0.393 e. The molecule has 2 nitrogen and oxygen atoms in total. The predicted molar refractivity (Wildman–Crippen MR) is 63.0 cm³/mol. The highest BCUT2D eigenvalue weighted by Gasteiger charge is 2.43. The van der Waals surface area contributed by atoms with Gasteiger partial charge in [-0.25, -0.2) is 0 Å². The molecule has 0 aromatic carbocycles. The van der Waals surface area contributed by atoms with E-state index in [0.29, 0.717) is 6.04 Å². The van der Waals surface area contributed by atoms with Crippen LogP contribution in [0.1, 0.15) is 33.6 Å². The van der Waals surface area contributed by atoms with Gasteiger partial charge in [0.1, 0.15) is 0 Å². The van der Waals surface area contributed by atoms with Gasteiger partial charge in [-0.15, -0.1) is 0 Å². The summed E-state index contributed by atoms with van der Waals surface area (Å²) in [6.07, 6.45) is -3.00. The van der Waals surface area contributed by atoms with E-state index in [1.165, 1.54) is 0 Å². The van der Waals surface area contributed by atoms with Crippen molar-refractivity contribution in [2.45, 2.75) is 51.9 Å². The van der Waals surface area contributed by atoms with Crippen LogP contribution in [0.4, 0.5) is 13.2 Å². The van der Waals surface area contributed by atoms with Crippen molar-refractivity contribution in [1.82, 2.24) is 10.2 Å². The summed E-state index contributed by atoms with van der Waals surface area (Å²) < 4.78 is 37.4. The number of nitrogens with zero attached hydrogens (tertiary/aromatic N) is 1. The van der Waals surface area contributed by atoms with Gasteiger partial charge in [-0.3, -0.25) is 0 Å². The third kappa shape index (κ3) is 4.47. The maximum Gasteiger partial charge on any atom is 0.393 e. The Labute approximate surface area is 102 Å². The van der Waals surface area contributed by atoms with Crippen molar-refractivity contribution in [3.8, 4) is 0 Å². The molecular weight excluding hydrogens is 229 g/mol. The molecule has 1 fully saturated rings. The Hall–Kier alpha value is -0.290. The number of halogens is 3. The van der Waals surface area contributed by atoms with E-state index in [-0.39, 0.29) is 19.0 Å². The summed E-state index contributed by atoms with van der Waals surface area (Å²) in [6, 6.07) is 0.481. The lowest BCUT2D eigenvalue weighted by Gasteiger charge is -2.26. The summed E-state index contributed by atoms with van der Waals surface area (Å²) >= 11 is 0. The molecule has 1 rings (SSSR count). The lowest BCUT2D eigenvalue weighted by atomic mass is 10.0. The molecule has 1 aliphatic heterocycles. The van der Waals surface area contributed by atoms with Gasteiger partial charge in [-0.1, -0.05) is 6.92 Å². The molecule has 0 radical (unpaired) electrons. The highest BCUT2D eigenvalue weighted by atomic mass is 19.4. The zero-order valence-corrected chi connectivity index (χ0v) is 10.8. The van der Waals surface area contributed by atoms with E-state index in [9.17, 15) is 13.2 Å². The molecule has 0 aromatic rings. The van der Waals surface area contributed by atoms with E-state index in [1.807, 2.05) is 0 Å². The second-order valence-electron chi connectivity index (χ2n) is 5.09. The fraction of sp³-hybridized carbons (Fsp3) is 1.00. The van der Waals surface area contributed by atoms with Gasteiger partial charge in [0.25, 0.3) is 0 Å². The Morgan fingerprint density at radius 1 is 1.35 bits per heavy atom. The molecule has 102 valence electrons. The summed E-state index contributed by atoms with van der Waals surface area (Å²) in [7, 11) is 0. The zero-order chi connectivity index (χ0) is 13.1. The summed E-state index contributed by atoms with van der Waals surface area (Å²) in [4.78, 5) is 2.28. The first-order valence-electron chi connectivity index (χ1n) is 6.38. The number of alkyl halides is 3. The molecule has 1 aliphatic rings. The Bertz CT molecular complexity index is 228. The molecule has 2 unspecified atom stereocenters. The molecule has 5 heteroatoms. The Morgan fingerprint density at radius 3 is 2.41 bits per heavy atom. The Balaban J connectivity index is 2.31. The second-order valence-corrected chi connectivity index (χ2v) is 5.09. The Morgan fingerprint density at radius 2 is 2.00 bits per heavy atom. The van der Waals surface area contributed by atoms with Crippen molar-refractivity contribution in [2.75, 3.05) is 19.6 Å². The zero-order valence-electron chi connectivity index (χ0n) is 10.8. The van der Waals surface area contributed by atoms with E-state index < -0.39 is 12.1 Å². The van der Waals surface area contributed by atoms with Crippen molar-refractivity contribution in [3.05, 3.63) is 0 Å². The molecule has 1 N–H and O–H groups in total. The topological polar surface area (TPSA) is 15.3 Å². The summed E-state index contributed by atoms with van der Waals surface area (Å²) in [5.41, 5.74) is 0. The molecule has 0 amide bonds. The minimum atomic E-state index is -4.04. The number of hydrogen-bond acceptors (Lipinski definition) is 2. The first-order valence-corrected chi connectivity index (χ1v) is 6.38. The predicted octanol–water partition coefficient (Wildman–Crippen LogP) is 2.65. The maximum absolute atomic E-state index is 12.5. The number of rotatable bonds is 5. The summed E-state index contributed by atoms with van der Waals surface area (Å²) in [5, 5.41) is 2.98.